The Hall–Kier alpha value is -5.29. The summed E-state index contributed by atoms with van der Waals surface area (Å²) in [5.41, 5.74) is 7.21. The second-order valence-electron chi connectivity index (χ2n) is 10.5. The maximum atomic E-state index is 12.4. The Balaban J connectivity index is 1.19. The number of amides is 1. The maximum absolute atomic E-state index is 12.4. The normalized spacial score (nSPS) is 14.1. The molecule has 1 aliphatic rings. The first-order chi connectivity index (χ1) is 21.4. The van der Waals surface area contributed by atoms with Crippen molar-refractivity contribution in [1.82, 2.24) is 19.9 Å². The van der Waals surface area contributed by atoms with Crippen molar-refractivity contribution in [1.29, 1.82) is 0 Å². The molecule has 1 atom stereocenters. The molecule has 1 N–H and O–H groups in total. The van der Waals surface area contributed by atoms with Gasteiger partial charge in [-0.2, -0.15) is 0 Å². The fourth-order valence-corrected chi connectivity index (χ4v) is 6.52. The van der Waals surface area contributed by atoms with E-state index in [0.29, 0.717) is 28.8 Å². The number of ether oxygens (including phenoxy) is 3. The summed E-state index contributed by atoms with van der Waals surface area (Å²) in [6.45, 7) is 4.24. The van der Waals surface area contributed by atoms with Gasteiger partial charge >= 0.3 is 6.09 Å². The zero-order valence-corrected chi connectivity index (χ0v) is 25.0. The monoisotopic (exact) mass is 605 g/mol. The van der Waals surface area contributed by atoms with Gasteiger partial charge in [0.2, 0.25) is 5.88 Å². The highest BCUT2D eigenvalue weighted by Crippen LogP contribution is 2.46. The molecule has 1 aliphatic heterocycles. The molecule has 10 nitrogen and oxygen atoms in total. The number of hydrogen-bond acceptors (Lipinski definition) is 9. The fraction of sp³-hybridized carbons (Fsp3) is 0.182. The molecule has 6 aromatic rings. The Labute approximate surface area is 256 Å². The number of rotatable bonds is 6. The number of thiazole rings is 1. The molecule has 0 fully saturated rings. The number of carbonyl (C=O) groups is 1. The lowest BCUT2D eigenvalue weighted by Crippen LogP contribution is -2.43. The standard InChI is InChI=1S/C33H27N5O5S/c1-18-11-23(29-25(12-18)36-27(41-3)15-35-29)32-37-28-19(2)13-26-30(31(28)44-32)42-17-22(43-26)16-38(33(39)40)21-9-10-34-24(14-21)20-7-5-4-6-8-20/h4-15,22H,16-17H2,1-3H3,(H,39,40). The zero-order valence-electron chi connectivity index (χ0n) is 24.1. The van der Waals surface area contributed by atoms with Gasteiger partial charge in [0.15, 0.2) is 17.6 Å². The van der Waals surface area contributed by atoms with E-state index >= 15 is 0 Å². The Morgan fingerprint density at radius 1 is 1.07 bits per heavy atom. The summed E-state index contributed by atoms with van der Waals surface area (Å²) in [7, 11) is 1.57. The molecule has 0 saturated carbocycles. The van der Waals surface area contributed by atoms with E-state index in [4.69, 9.17) is 19.2 Å². The molecular formula is C33H27N5O5S. The minimum absolute atomic E-state index is 0.0788. The first-order valence-electron chi connectivity index (χ1n) is 13.9. The molecule has 220 valence electrons. The van der Waals surface area contributed by atoms with Crippen molar-refractivity contribution in [2.75, 3.05) is 25.2 Å². The first kappa shape index (κ1) is 27.5. The molecule has 0 aliphatic carbocycles. The molecule has 4 heterocycles. The molecular weight excluding hydrogens is 578 g/mol. The quantitative estimate of drug-likeness (QED) is 0.216. The van der Waals surface area contributed by atoms with Crippen LogP contribution < -0.4 is 19.1 Å². The molecule has 1 unspecified atom stereocenters. The number of fused-ring (bicyclic) bond motifs is 4. The number of anilines is 1. The van der Waals surface area contributed by atoms with Crippen LogP contribution in [0.5, 0.6) is 17.4 Å². The van der Waals surface area contributed by atoms with Crippen LogP contribution in [0, 0.1) is 13.8 Å². The number of benzene rings is 3. The van der Waals surface area contributed by atoms with Crippen molar-refractivity contribution in [3.63, 3.8) is 0 Å². The van der Waals surface area contributed by atoms with E-state index < -0.39 is 12.2 Å². The van der Waals surface area contributed by atoms with Gasteiger partial charge < -0.3 is 19.3 Å². The summed E-state index contributed by atoms with van der Waals surface area (Å²) in [5, 5.41) is 10.9. The van der Waals surface area contributed by atoms with E-state index in [1.165, 1.54) is 16.2 Å². The molecule has 11 heteroatoms. The smallest absolute Gasteiger partial charge is 0.411 e. The van der Waals surface area contributed by atoms with Crippen molar-refractivity contribution < 1.29 is 24.1 Å². The highest BCUT2D eigenvalue weighted by atomic mass is 32.1. The van der Waals surface area contributed by atoms with E-state index in [-0.39, 0.29) is 13.2 Å². The first-order valence-corrected chi connectivity index (χ1v) is 14.8. The number of pyridine rings is 1. The number of aryl methyl sites for hydroxylation is 2. The van der Waals surface area contributed by atoms with Crippen LogP contribution >= 0.6 is 11.3 Å². The lowest BCUT2D eigenvalue weighted by Gasteiger charge is -2.30. The summed E-state index contributed by atoms with van der Waals surface area (Å²) in [6.07, 6.45) is 1.60. The summed E-state index contributed by atoms with van der Waals surface area (Å²) in [6, 6.07) is 19.0. The van der Waals surface area contributed by atoms with Gasteiger partial charge in [-0.15, -0.1) is 11.3 Å². The molecule has 0 radical (unpaired) electrons. The van der Waals surface area contributed by atoms with Gasteiger partial charge in [-0.05, 0) is 55.3 Å². The topological polar surface area (TPSA) is 120 Å². The van der Waals surface area contributed by atoms with Crippen molar-refractivity contribution in [3.8, 4) is 39.2 Å². The second kappa shape index (κ2) is 11.1. The average Bonchev–Trinajstić information content (AvgIpc) is 3.49. The lowest BCUT2D eigenvalue weighted by atomic mass is 10.1. The zero-order chi connectivity index (χ0) is 30.4. The molecule has 44 heavy (non-hydrogen) atoms. The molecule has 7 rings (SSSR count). The Kier molecular flexibility index (Phi) is 6.94. The van der Waals surface area contributed by atoms with Crippen LogP contribution in [0.3, 0.4) is 0 Å². The van der Waals surface area contributed by atoms with E-state index in [1.807, 2.05) is 56.3 Å². The van der Waals surface area contributed by atoms with Gasteiger partial charge in [-0.3, -0.25) is 9.88 Å². The van der Waals surface area contributed by atoms with Crippen molar-refractivity contribution in [2.45, 2.75) is 20.0 Å². The van der Waals surface area contributed by atoms with Crippen molar-refractivity contribution in [2.24, 2.45) is 0 Å². The van der Waals surface area contributed by atoms with Crippen LogP contribution in [0.15, 0.2) is 73.1 Å². The van der Waals surface area contributed by atoms with Gasteiger partial charge in [-0.1, -0.05) is 30.3 Å². The molecule has 1 amide bonds. The third-order valence-electron chi connectivity index (χ3n) is 7.44. The molecule has 0 saturated heterocycles. The minimum atomic E-state index is -1.09. The van der Waals surface area contributed by atoms with E-state index in [9.17, 15) is 9.90 Å². The van der Waals surface area contributed by atoms with Crippen LogP contribution in [-0.4, -0.2) is 57.5 Å². The molecule has 0 spiro atoms. The fourth-order valence-electron chi connectivity index (χ4n) is 5.36. The predicted molar refractivity (Wildman–Crippen MR) is 169 cm³/mol. The minimum Gasteiger partial charge on any atom is -0.484 e. The number of nitrogens with zero attached hydrogens (tertiary/aromatic N) is 5. The van der Waals surface area contributed by atoms with Crippen molar-refractivity contribution >= 4 is 44.4 Å². The largest absolute Gasteiger partial charge is 0.484 e. The lowest BCUT2D eigenvalue weighted by molar-refractivity contribution is 0.0961. The summed E-state index contributed by atoms with van der Waals surface area (Å²) < 4.78 is 18.8. The van der Waals surface area contributed by atoms with E-state index in [0.717, 1.165) is 48.5 Å². The third kappa shape index (κ3) is 5.01. The highest BCUT2D eigenvalue weighted by Gasteiger charge is 2.30. The predicted octanol–water partition coefficient (Wildman–Crippen LogP) is 6.92. The molecule has 3 aromatic carbocycles. The van der Waals surface area contributed by atoms with Crippen LogP contribution in [0.1, 0.15) is 11.1 Å². The van der Waals surface area contributed by atoms with Crippen LogP contribution in [0.4, 0.5) is 10.5 Å². The Bertz CT molecular complexity index is 2050. The Morgan fingerprint density at radius 3 is 2.70 bits per heavy atom. The van der Waals surface area contributed by atoms with E-state index in [1.54, 1.807) is 31.6 Å². The van der Waals surface area contributed by atoms with Gasteiger partial charge in [0.25, 0.3) is 0 Å². The third-order valence-corrected chi connectivity index (χ3v) is 8.52. The van der Waals surface area contributed by atoms with Crippen molar-refractivity contribution in [3.05, 3.63) is 84.2 Å². The summed E-state index contributed by atoms with van der Waals surface area (Å²) >= 11 is 1.50. The van der Waals surface area contributed by atoms with Gasteiger partial charge in [0.05, 0.1) is 47.8 Å². The van der Waals surface area contributed by atoms with Gasteiger partial charge in [0, 0.05) is 17.3 Å². The number of aromatic nitrogens is 4. The van der Waals surface area contributed by atoms with E-state index in [2.05, 4.69) is 21.0 Å². The van der Waals surface area contributed by atoms with Crippen LogP contribution in [0.25, 0.3) is 43.1 Å². The SMILES string of the molecule is COc1cnc2c(-c3nc4c(C)cc5c(c4s3)OCC(CN(C(=O)O)c3ccnc(-c4ccccc4)c3)O5)cc(C)cc2n1. The highest BCUT2D eigenvalue weighted by molar-refractivity contribution is 7.22. The van der Waals surface area contributed by atoms with Gasteiger partial charge in [0.1, 0.15) is 16.3 Å². The molecule has 0 bridgehead atoms. The van der Waals surface area contributed by atoms with Crippen LogP contribution in [0.2, 0.25) is 0 Å². The second-order valence-corrected chi connectivity index (χ2v) is 11.5. The number of carboxylic acid groups (broad SMARTS) is 1. The molecule has 3 aromatic heterocycles. The average molecular weight is 606 g/mol. The summed E-state index contributed by atoms with van der Waals surface area (Å²) in [4.78, 5) is 32.2. The maximum Gasteiger partial charge on any atom is 0.411 e. The number of hydrogen-bond donors (Lipinski definition) is 1. The van der Waals surface area contributed by atoms with Gasteiger partial charge in [-0.25, -0.2) is 19.7 Å². The Morgan fingerprint density at radius 2 is 1.91 bits per heavy atom. The van der Waals surface area contributed by atoms with Crippen LogP contribution in [-0.2, 0) is 0 Å². The number of methoxy groups -OCH3 is 1. The summed E-state index contributed by atoms with van der Waals surface area (Å²) in [5.74, 6) is 1.61.